The van der Waals surface area contributed by atoms with Crippen LogP contribution in [-0.4, -0.2) is 33.8 Å². The maximum Gasteiger partial charge on any atom is 0.254 e. The van der Waals surface area contributed by atoms with Gasteiger partial charge in [-0.05, 0) is 30.9 Å². The number of aromatic nitrogens is 3. The Kier molecular flexibility index (Phi) is 4.20. The Hall–Kier alpha value is -2.21. The molecule has 0 radical (unpaired) electrons. The Morgan fingerprint density at radius 1 is 1.45 bits per heavy atom. The monoisotopic (exact) mass is 300 g/mol. The Labute approximate surface area is 129 Å². The summed E-state index contributed by atoms with van der Waals surface area (Å²) in [5, 5.41) is 10.2. The number of anilines is 1. The van der Waals surface area contributed by atoms with Gasteiger partial charge in [-0.25, -0.2) is 0 Å². The second-order valence-electron chi connectivity index (χ2n) is 5.56. The van der Waals surface area contributed by atoms with Crippen LogP contribution in [0.15, 0.2) is 24.5 Å². The SMILES string of the molecule is CCc1c(NC(=O)[C@H]2OCC[C@H]2C)n[nH]c1-c1ccncc1. The first-order chi connectivity index (χ1) is 10.7. The summed E-state index contributed by atoms with van der Waals surface area (Å²) < 4.78 is 5.51. The molecule has 1 aliphatic heterocycles. The van der Waals surface area contributed by atoms with Gasteiger partial charge in [-0.2, -0.15) is 5.10 Å². The lowest BCUT2D eigenvalue weighted by Gasteiger charge is -2.14. The number of hydrogen-bond donors (Lipinski definition) is 2. The molecule has 0 unspecified atom stereocenters. The minimum absolute atomic E-state index is 0.118. The number of hydrogen-bond acceptors (Lipinski definition) is 4. The predicted octanol–water partition coefficient (Wildman–Crippen LogP) is 2.40. The second-order valence-corrected chi connectivity index (χ2v) is 5.56. The van der Waals surface area contributed by atoms with Crippen molar-refractivity contribution in [3.8, 4) is 11.3 Å². The third-order valence-electron chi connectivity index (χ3n) is 4.08. The fourth-order valence-electron chi connectivity index (χ4n) is 2.79. The van der Waals surface area contributed by atoms with Crippen LogP contribution >= 0.6 is 0 Å². The highest BCUT2D eigenvalue weighted by Gasteiger charge is 2.31. The van der Waals surface area contributed by atoms with Gasteiger partial charge in [0.2, 0.25) is 0 Å². The van der Waals surface area contributed by atoms with Crippen molar-refractivity contribution in [2.24, 2.45) is 5.92 Å². The van der Waals surface area contributed by atoms with Crippen LogP contribution in [-0.2, 0) is 16.0 Å². The number of carbonyl (C=O) groups is 1. The molecule has 6 nitrogen and oxygen atoms in total. The Bertz CT molecular complexity index is 653. The van der Waals surface area contributed by atoms with Crippen LogP contribution in [0.1, 0.15) is 25.8 Å². The minimum Gasteiger partial charge on any atom is -0.368 e. The van der Waals surface area contributed by atoms with E-state index in [1.807, 2.05) is 26.0 Å². The minimum atomic E-state index is -0.384. The number of pyridine rings is 1. The zero-order chi connectivity index (χ0) is 15.5. The summed E-state index contributed by atoms with van der Waals surface area (Å²) in [6, 6.07) is 3.83. The molecule has 2 aromatic rings. The summed E-state index contributed by atoms with van der Waals surface area (Å²) in [7, 11) is 0. The van der Waals surface area contributed by atoms with Gasteiger partial charge in [-0.3, -0.25) is 14.9 Å². The largest absolute Gasteiger partial charge is 0.368 e. The highest BCUT2D eigenvalue weighted by molar-refractivity contribution is 5.95. The molecule has 1 aliphatic rings. The average Bonchev–Trinajstić information content (AvgIpc) is 3.14. The van der Waals surface area contributed by atoms with Gasteiger partial charge in [0.05, 0.1) is 5.69 Å². The zero-order valence-electron chi connectivity index (χ0n) is 12.8. The Balaban J connectivity index is 1.83. The number of nitrogens with one attached hydrogen (secondary N) is 2. The molecule has 0 spiro atoms. The summed E-state index contributed by atoms with van der Waals surface area (Å²) >= 11 is 0. The molecule has 6 heteroatoms. The van der Waals surface area contributed by atoms with Crippen LogP contribution in [0.3, 0.4) is 0 Å². The van der Waals surface area contributed by atoms with E-state index in [0.717, 1.165) is 29.7 Å². The lowest BCUT2D eigenvalue weighted by Crippen LogP contribution is -2.31. The molecule has 1 fully saturated rings. The quantitative estimate of drug-likeness (QED) is 0.908. The van der Waals surface area contributed by atoms with Crippen LogP contribution in [0.2, 0.25) is 0 Å². The van der Waals surface area contributed by atoms with Crippen molar-refractivity contribution in [3.63, 3.8) is 0 Å². The molecule has 2 N–H and O–H groups in total. The summed E-state index contributed by atoms with van der Waals surface area (Å²) in [5.74, 6) is 0.707. The number of rotatable bonds is 4. The number of amides is 1. The van der Waals surface area contributed by atoms with Gasteiger partial charge >= 0.3 is 0 Å². The lowest BCUT2D eigenvalue weighted by atomic mass is 10.0. The molecule has 0 bridgehead atoms. The average molecular weight is 300 g/mol. The van der Waals surface area contributed by atoms with Gasteiger partial charge in [0.15, 0.2) is 5.82 Å². The van der Waals surface area contributed by atoms with E-state index in [9.17, 15) is 4.79 Å². The molecule has 116 valence electrons. The summed E-state index contributed by atoms with van der Waals surface area (Å²) in [6.45, 7) is 4.72. The van der Waals surface area contributed by atoms with E-state index in [1.54, 1.807) is 12.4 Å². The van der Waals surface area contributed by atoms with E-state index in [0.29, 0.717) is 12.4 Å². The number of carbonyl (C=O) groups excluding carboxylic acids is 1. The van der Waals surface area contributed by atoms with Crippen molar-refractivity contribution in [1.29, 1.82) is 0 Å². The Morgan fingerprint density at radius 3 is 2.86 bits per heavy atom. The van der Waals surface area contributed by atoms with Crippen LogP contribution in [0.5, 0.6) is 0 Å². The van der Waals surface area contributed by atoms with Crippen LogP contribution in [0, 0.1) is 5.92 Å². The second kappa shape index (κ2) is 6.27. The third kappa shape index (κ3) is 2.74. The molecule has 3 rings (SSSR count). The zero-order valence-corrected chi connectivity index (χ0v) is 12.8. The lowest BCUT2D eigenvalue weighted by molar-refractivity contribution is -0.126. The first kappa shape index (κ1) is 14.7. The molecule has 0 aromatic carbocycles. The van der Waals surface area contributed by atoms with E-state index in [4.69, 9.17) is 4.74 Å². The molecule has 3 heterocycles. The first-order valence-electron chi connectivity index (χ1n) is 7.60. The molecule has 2 atom stereocenters. The van der Waals surface area contributed by atoms with Crippen molar-refractivity contribution < 1.29 is 9.53 Å². The topological polar surface area (TPSA) is 79.9 Å². The highest BCUT2D eigenvalue weighted by Crippen LogP contribution is 2.28. The van der Waals surface area contributed by atoms with Gasteiger partial charge in [0.25, 0.3) is 5.91 Å². The van der Waals surface area contributed by atoms with E-state index in [1.165, 1.54) is 0 Å². The smallest absolute Gasteiger partial charge is 0.254 e. The van der Waals surface area contributed by atoms with E-state index >= 15 is 0 Å². The van der Waals surface area contributed by atoms with Gasteiger partial charge in [0.1, 0.15) is 6.10 Å². The van der Waals surface area contributed by atoms with Gasteiger partial charge < -0.3 is 10.1 Å². The molecule has 0 aliphatic carbocycles. The standard InChI is InChI=1S/C16H20N4O2/c1-3-12-13(11-4-7-17-8-5-11)19-20-15(12)18-16(21)14-10(2)6-9-22-14/h4-5,7-8,10,14H,3,6,9H2,1-2H3,(H2,18,19,20,21)/t10-,14+/m1/s1. The van der Waals surface area contributed by atoms with E-state index in [-0.39, 0.29) is 17.9 Å². The fraction of sp³-hybridized carbons (Fsp3) is 0.438. The predicted molar refractivity (Wildman–Crippen MR) is 83.3 cm³/mol. The first-order valence-corrected chi connectivity index (χ1v) is 7.60. The summed E-state index contributed by atoms with van der Waals surface area (Å²) in [5.41, 5.74) is 2.91. The Morgan fingerprint density at radius 2 is 2.23 bits per heavy atom. The van der Waals surface area contributed by atoms with Crippen LogP contribution < -0.4 is 5.32 Å². The van der Waals surface area contributed by atoms with Crippen LogP contribution in [0.4, 0.5) is 5.82 Å². The van der Waals surface area contributed by atoms with E-state index < -0.39 is 0 Å². The molecular weight excluding hydrogens is 280 g/mol. The molecule has 1 saturated heterocycles. The normalized spacial score (nSPS) is 21.0. The summed E-state index contributed by atoms with van der Waals surface area (Å²) in [6.07, 6.45) is 4.78. The van der Waals surface area contributed by atoms with Crippen molar-refractivity contribution in [2.75, 3.05) is 11.9 Å². The van der Waals surface area contributed by atoms with Crippen molar-refractivity contribution in [2.45, 2.75) is 32.8 Å². The molecular formula is C16H20N4O2. The van der Waals surface area contributed by atoms with Crippen LogP contribution in [0.25, 0.3) is 11.3 Å². The number of nitrogens with zero attached hydrogens (tertiary/aromatic N) is 2. The maximum atomic E-state index is 12.3. The van der Waals surface area contributed by atoms with Crippen molar-refractivity contribution >= 4 is 11.7 Å². The van der Waals surface area contributed by atoms with Crippen molar-refractivity contribution in [3.05, 3.63) is 30.1 Å². The maximum absolute atomic E-state index is 12.3. The van der Waals surface area contributed by atoms with Gasteiger partial charge in [-0.15, -0.1) is 0 Å². The number of H-pyrrole nitrogens is 1. The fourth-order valence-corrected chi connectivity index (χ4v) is 2.79. The van der Waals surface area contributed by atoms with Gasteiger partial charge in [-0.1, -0.05) is 13.8 Å². The van der Waals surface area contributed by atoms with Gasteiger partial charge in [0, 0.05) is 30.1 Å². The number of ether oxygens (including phenoxy) is 1. The highest BCUT2D eigenvalue weighted by atomic mass is 16.5. The molecule has 0 saturated carbocycles. The molecule has 22 heavy (non-hydrogen) atoms. The third-order valence-corrected chi connectivity index (χ3v) is 4.08. The molecule has 1 amide bonds. The molecule has 2 aromatic heterocycles. The van der Waals surface area contributed by atoms with E-state index in [2.05, 4.69) is 20.5 Å². The summed E-state index contributed by atoms with van der Waals surface area (Å²) in [4.78, 5) is 16.4. The van der Waals surface area contributed by atoms with Crippen molar-refractivity contribution in [1.82, 2.24) is 15.2 Å². The number of aromatic amines is 1.